The van der Waals surface area contributed by atoms with Crippen molar-refractivity contribution in [2.45, 2.75) is 20.0 Å². The monoisotopic (exact) mass is 254 g/mol. The van der Waals surface area contributed by atoms with Crippen molar-refractivity contribution in [3.8, 4) is 0 Å². The zero-order valence-electron chi connectivity index (χ0n) is 10.2. The summed E-state index contributed by atoms with van der Waals surface area (Å²) in [4.78, 5) is 22.4. The van der Waals surface area contributed by atoms with Gasteiger partial charge >= 0.3 is 0 Å². The average molecular weight is 254 g/mol. The van der Waals surface area contributed by atoms with Crippen molar-refractivity contribution in [3.05, 3.63) is 29.6 Å². The number of primary amides is 1. The second-order valence-electron chi connectivity index (χ2n) is 3.97. The van der Waals surface area contributed by atoms with Gasteiger partial charge in [0.05, 0.1) is 11.8 Å². The second-order valence-corrected chi connectivity index (χ2v) is 3.97. The number of hydrogen-bond donors (Lipinski definition) is 2. The number of carbonyl (C=O) groups is 2. The van der Waals surface area contributed by atoms with Crippen molar-refractivity contribution < 1.29 is 18.7 Å². The van der Waals surface area contributed by atoms with Crippen molar-refractivity contribution in [3.63, 3.8) is 0 Å². The minimum Gasteiger partial charge on any atom is -0.369 e. The van der Waals surface area contributed by atoms with Crippen LogP contribution in [-0.2, 0) is 9.53 Å². The molecule has 1 aromatic rings. The molecule has 0 atom stereocenters. The van der Waals surface area contributed by atoms with Gasteiger partial charge in [0.2, 0.25) is 11.8 Å². The van der Waals surface area contributed by atoms with Crippen LogP contribution in [0, 0.1) is 5.82 Å². The van der Waals surface area contributed by atoms with Gasteiger partial charge in [-0.15, -0.1) is 0 Å². The van der Waals surface area contributed by atoms with E-state index in [1.165, 1.54) is 12.1 Å². The van der Waals surface area contributed by atoms with E-state index in [9.17, 15) is 14.0 Å². The smallest absolute Gasteiger partial charge is 0.250 e. The van der Waals surface area contributed by atoms with Crippen LogP contribution in [-0.4, -0.2) is 24.5 Å². The Balaban J connectivity index is 2.74. The SMILES string of the molecule is CC(C)OCC(=O)Nc1cc(C(N)=O)ccc1F. The van der Waals surface area contributed by atoms with E-state index in [-0.39, 0.29) is 24.0 Å². The maximum absolute atomic E-state index is 13.4. The lowest BCUT2D eigenvalue weighted by Gasteiger charge is -2.09. The van der Waals surface area contributed by atoms with Gasteiger partial charge in [-0.3, -0.25) is 9.59 Å². The summed E-state index contributed by atoms with van der Waals surface area (Å²) in [5.41, 5.74) is 5.09. The largest absolute Gasteiger partial charge is 0.369 e. The van der Waals surface area contributed by atoms with Crippen LogP contribution < -0.4 is 11.1 Å². The van der Waals surface area contributed by atoms with Gasteiger partial charge in [-0.2, -0.15) is 0 Å². The first-order valence-electron chi connectivity index (χ1n) is 5.41. The van der Waals surface area contributed by atoms with Crippen molar-refractivity contribution in [2.24, 2.45) is 5.73 Å². The zero-order valence-corrected chi connectivity index (χ0v) is 10.2. The zero-order chi connectivity index (χ0) is 13.7. The van der Waals surface area contributed by atoms with E-state index in [0.29, 0.717) is 0 Å². The van der Waals surface area contributed by atoms with E-state index in [2.05, 4.69) is 5.32 Å². The molecule has 0 fully saturated rings. The molecule has 0 unspecified atom stereocenters. The molecule has 0 aliphatic heterocycles. The van der Waals surface area contributed by atoms with Gasteiger partial charge < -0.3 is 15.8 Å². The predicted molar refractivity (Wildman–Crippen MR) is 64.6 cm³/mol. The van der Waals surface area contributed by atoms with Crippen LogP contribution in [0.25, 0.3) is 0 Å². The molecule has 0 saturated heterocycles. The fourth-order valence-corrected chi connectivity index (χ4v) is 1.20. The van der Waals surface area contributed by atoms with Crippen molar-refractivity contribution in [1.29, 1.82) is 0 Å². The summed E-state index contributed by atoms with van der Waals surface area (Å²) in [5, 5.41) is 2.31. The third-order valence-corrected chi connectivity index (χ3v) is 2.07. The summed E-state index contributed by atoms with van der Waals surface area (Å²) in [6, 6.07) is 3.50. The Hall–Kier alpha value is -1.95. The van der Waals surface area contributed by atoms with Crippen molar-refractivity contribution in [1.82, 2.24) is 0 Å². The average Bonchev–Trinajstić information content (AvgIpc) is 2.29. The molecular weight excluding hydrogens is 239 g/mol. The van der Waals surface area contributed by atoms with Gasteiger partial charge in [0.15, 0.2) is 0 Å². The number of nitrogens with two attached hydrogens (primary N) is 1. The molecule has 0 aromatic heterocycles. The third kappa shape index (κ3) is 4.14. The summed E-state index contributed by atoms with van der Waals surface area (Å²) in [5.74, 6) is -1.83. The predicted octanol–water partition coefficient (Wildman–Crippen LogP) is 1.29. The van der Waals surface area contributed by atoms with E-state index in [0.717, 1.165) is 6.07 Å². The molecule has 0 saturated carbocycles. The number of hydrogen-bond acceptors (Lipinski definition) is 3. The molecule has 0 spiro atoms. The molecule has 0 heterocycles. The number of amides is 2. The summed E-state index contributed by atoms with van der Waals surface area (Å²) in [7, 11) is 0. The summed E-state index contributed by atoms with van der Waals surface area (Å²) >= 11 is 0. The highest BCUT2D eigenvalue weighted by atomic mass is 19.1. The fourth-order valence-electron chi connectivity index (χ4n) is 1.20. The molecule has 0 radical (unpaired) electrons. The Bertz CT molecular complexity index is 461. The molecule has 2 amide bonds. The number of halogens is 1. The van der Waals surface area contributed by atoms with E-state index >= 15 is 0 Å². The van der Waals surface area contributed by atoms with Gasteiger partial charge in [-0.05, 0) is 32.0 Å². The molecule has 0 aliphatic carbocycles. The van der Waals surface area contributed by atoms with Gasteiger partial charge in [0.1, 0.15) is 12.4 Å². The van der Waals surface area contributed by atoms with Crippen LogP contribution in [0.5, 0.6) is 0 Å². The third-order valence-electron chi connectivity index (χ3n) is 2.07. The molecule has 3 N–H and O–H groups in total. The Morgan fingerprint density at radius 3 is 2.67 bits per heavy atom. The summed E-state index contributed by atoms with van der Waals surface area (Å²) in [6.45, 7) is 3.38. The summed E-state index contributed by atoms with van der Waals surface area (Å²) < 4.78 is 18.5. The topological polar surface area (TPSA) is 81.4 Å². The highest BCUT2D eigenvalue weighted by molar-refractivity contribution is 5.96. The van der Waals surface area contributed by atoms with E-state index in [1.807, 2.05) is 0 Å². The number of carbonyl (C=O) groups excluding carboxylic acids is 2. The van der Waals surface area contributed by atoms with Crippen LogP contribution in [0.15, 0.2) is 18.2 Å². The van der Waals surface area contributed by atoms with Crippen LogP contribution in [0.1, 0.15) is 24.2 Å². The number of ether oxygens (including phenoxy) is 1. The lowest BCUT2D eigenvalue weighted by atomic mass is 10.2. The van der Waals surface area contributed by atoms with Gasteiger partial charge in [0, 0.05) is 5.56 Å². The quantitative estimate of drug-likeness (QED) is 0.830. The Kier molecular flexibility index (Phi) is 4.79. The minimum absolute atomic E-state index is 0.0938. The first-order chi connectivity index (χ1) is 8.40. The number of nitrogens with one attached hydrogen (secondary N) is 1. The number of rotatable bonds is 5. The molecule has 0 aliphatic rings. The van der Waals surface area contributed by atoms with Crippen LogP contribution in [0.2, 0.25) is 0 Å². The maximum Gasteiger partial charge on any atom is 0.250 e. The maximum atomic E-state index is 13.4. The van der Waals surface area contributed by atoms with Crippen LogP contribution in [0.4, 0.5) is 10.1 Å². The van der Waals surface area contributed by atoms with E-state index in [1.54, 1.807) is 13.8 Å². The molecule has 1 rings (SSSR count). The molecular formula is C12H15FN2O3. The van der Waals surface area contributed by atoms with Gasteiger partial charge in [0.25, 0.3) is 0 Å². The molecule has 18 heavy (non-hydrogen) atoms. The van der Waals surface area contributed by atoms with E-state index in [4.69, 9.17) is 10.5 Å². The lowest BCUT2D eigenvalue weighted by Crippen LogP contribution is -2.21. The first kappa shape index (κ1) is 14.1. The lowest BCUT2D eigenvalue weighted by molar-refractivity contribution is -0.121. The molecule has 98 valence electrons. The number of benzene rings is 1. The normalized spacial score (nSPS) is 10.4. The molecule has 0 bridgehead atoms. The minimum atomic E-state index is -0.691. The fraction of sp³-hybridized carbons (Fsp3) is 0.333. The van der Waals surface area contributed by atoms with Crippen LogP contribution >= 0.6 is 0 Å². The molecule has 6 heteroatoms. The highest BCUT2D eigenvalue weighted by Crippen LogP contribution is 2.15. The Morgan fingerprint density at radius 2 is 2.11 bits per heavy atom. The van der Waals surface area contributed by atoms with Crippen LogP contribution in [0.3, 0.4) is 0 Å². The number of anilines is 1. The molecule has 1 aromatic carbocycles. The highest BCUT2D eigenvalue weighted by Gasteiger charge is 2.10. The van der Waals surface area contributed by atoms with Gasteiger partial charge in [-0.25, -0.2) is 4.39 Å². The van der Waals surface area contributed by atoms with Crippen molar-refractivity contribution in [2.75, 3.05) is 11.9 Å². The summed E-state index contributed by atoms with van der Waals surface area (Å²) in [6.07, 6.45) is -0.0995. The van der Waals surface area contributed by atoms with Crippen molar-refractivity contribution >= 4 is 17.5 Å². The Labute approximate surface area is 104 Å². The standard InChI is InChI=1S/C12H15FN2O3/c1-7(2)18-6-11(16)15-10-5-8(12(14)17)3-4-9(10)13/h3-5,7H,6H2,1-2H3,(H2,14,17)(H,15,16). The van der Waals surface area contributed by atoms with Gasteiger partial charge in [-0.1, -0.05) is 0 Å². The molecule has 5 nitrogen and oxygen atoms in total. The first-order valence-corrected chi connectivity index (χ1v) is 5.41. The Morgan fingerprint density at radius 1 is 1.44 bits per heavy atom. The van der Waals surface area contributed by atoms with E-state index < -0.39 is 17.6 Å². The second kappa shape index (κ2) is 6.11.